The van der Waals surface area contributed by atoms with Crippen LogP contribution in [-0.2, 0) is 0 Å². The molecule has 0 spiro atoms. The number of imidazole rings is 1. The summed E-state index contributed by atoms with van der Waals surface area (Å²) in [4.78, 5) is 14.2. The summed E-state index contributed by atoms with van der Waals surface area (Å²) in [6, 6.07) is 12.5. The highest BCUT2D eigenvalue weighted by Crippen LogP contribution is 2.35. The Kier molecular flexibility index (Phi) is 5.54. The molecule has 3 aromatic heterocycles. The lowest BCUT2D eigenvalue weighted by Crippen LogP contribution is -2.46. The molecule has 0 amide bonds. The molecule has 1 aliphatic rings. The topological polar surface area (TPSA) is 55.1 Å². The van der Waals surface area contributed by atoms with Crippen LogP contribution in [0.25, 0.3) is 16.9 Å². The summed E-state index contributed by atoms with van der Waals surface area (Å²) in [7, 11) is 3.35. The fourth-order valence-corrected chi connectivity index (χ4v) is 4.44. The minimum absolute atomic E-state index is 0.752. The van der Waals surface area contributed by atoms with E-state index in [0.717, 1.165) is 66.0 Å². The number of fused-ring (bicyclic) bond motifs is 1. The quantitative estimate of drug-likeness (QED) is 0.457. The monoisotopic (exact) mass is 443 g/mol. The summed E-state index contributed by atoms with van der Waals surface area (Å²) < 4.78 is 13.1. The Bertz CT molecular complexity index is 1290. The van der Waals surface area contributed by atoms with E-state index < -0.39 is 0 Å². The maximum Gasteiger partial charge on any atom is 0.139 e. The van der Waals surface area contributed by atoms with Gasteiger partial charge in [0.05, 0.1) is 19.9 Å². The lowest BCUT2D eigenvalue weighted by Gasteiger charge is -2.36. The van der Waals surface area contributed by atoms with Gasteiger partial charge in [0, 0.05) is 68.2 Å². The summed E-state index contributed by atoms with van der Waals surface area (Å²) in [5.41, 5.74) is 6.24. The van der Waals surface area contributed by atoms with Crippen LogP contribution >= 0.6 is 0 Å². The number of aromatic nitrogens is 3. The highest BCUT2D eigenvalue weighted by Gasteiger charge is 2.19. The van der Waals surface area contributed by atoms with Crippen LogP contribution in [0.3, 0.4) is 0 Å². The molecule has 33 heavy (non-hydrogen) atoms. The summed E-state index contributed by atoms with van der Waals surface area (Å²) in [6.07, 6.45) is 6.02. The van der Waals surface area contributed by atoms with Gasteiger partial charge in [-0.1, -0.05) is 0 Å². The number of rotatable bonds is 5. The second-order valence-electron chi connectivity index (χ2n) is 8.46. The van der Waals surface area contributed by atoms with E-state index in [-0.39, 0.29) is 0 Å². The van der Waals surface area contributed by atoms with E-state index in [1.807, 2.05) is 31.5 Å². The van der Waals surface area contributed by atoms with Crippen molar-refractivity contribution in [3.8, 4) is 22.8 Å². The third-order valence-corrected chi connectivity index (χ3v) is 6.31. The second-order valence-corrected chi connectivity index (χ2v) is 8.46. The van der Waals surface area contributed by atoms with Gasteiger partial charge in [-0.25, -0.2) is 9.97 Å². The molecule has 7 nitrogen and oxygen atoms in total. The molecule has 5 rings (SSSR count). The average Bonchev–Trinajstić information content (AvgIpc) is 3.27. The van der Waals surface area contributed by atoms with Gasteiger partial charge >= 0.3 is 0 Å². The molecular weight excluding hydrogens is 414 g/mol. The van der Waals surface area contributed by atoms with Crippen LogP contribution in [-0.4, -0.2) is 54.8 Å². The van der Waals surface area contributed by atoms with Crippen molar-refractivity contribution in [2.75, 3.05) is 50.2 Å². The van der Waals surface area contributed by atoms with Gasteiger partial charge in [-0.2, -0.15) is 0 Å². The maximum atomic E-state index is 5.62. The van der Waals surface area contributed by atoms with Gasteiger partial charge in [0.1, 0.15) is 23.0 Å². The van der Waals surface area contributed by atoms with E-state index in [9.17, 15) is 0 Å². The molecule has 0 bridgehead atoms. The number of hydrogen-bond donors (Lipinski definition) is 0. The van der Waals surface area contributed by atoms with Crippen molar-refractivity contribution in [3.05, 3.63) is 66.1 Å². The molecule has 0 N–H and O–H groups in total. The minimum Gasteiger partial charge on any atom is -0.496 e. The number of benzene rings is 1. The molecule has 4 aromatic rings. The average molecular weight is 444 g/mol. The molecule has 0 atom stereocenters. The second kappa shape index (κ2) is 8.65. The van der Waals surface area contributed by atoms with Gasteiger partial charge in [0.15, 0.2) is 0 Å². The summed E-state index contributed by atoms with van der Waals surface area (Å²) >= 11 is 0. The molecule has 1 saturated heterocycles. The standard InChI is InChI=1S/C26H29N5O2/c1-18-5-7-27-25(13-18)30-11-9-29(10-12-30)20-6-8-31-17-22(28-26(31)15-20)21-14-19(2)23(32-3)16-24(21)33-4/h5-8,13-17H,9-12H2,1-4H3. The molecule has 4 heterocycles. The van der Waals surface area contributed by atoms with Crippen LogP contribution in [0.15, 0.2) is 55.0 Å². The SMILES string of the molecule is COc1cc(OC)c(-c2cn3ccc(N4CCN(c5cc(C)ccn5)CC4)cc3n2)cc1C. The zero-order valence-corrected chi connectivity index (χ0v) is 19.6. The zero-order valence-electron chi connectivity index (χ0n) is 19.6. The van der Waals surface area contributed by atoms with Crippen LogP contribution in [0.4, 0.5) is 11.5 Å². The van der Waals surface area contributed by atoms with E-state index in [2.05, 4.69) is 56.6 Å². The predicted molar refractivity (Wildman–Crippen MR) is 132 cm³/mol. The molecule has 1 fully saturated rings. The normalized spacial score (nSPS) is 14.1. The number of aryl methyl sites for hydroxylation is 2. The van der Waals surface area contributed by atoms with Crippen molar-refractivity contribution in [3.63, 3.8) is 0 Å². The maximum absolute atomic E-state index is 5.62. The van der Waals surface area contributed by atoms with Gasteiger partial charge in [0.25, 0.3) is 0 Å². The predicted octanol–water partition coefficient (Wildman–Crippen LogP) is 4.36. The lowest BCUT2D eigenvalue weighted by atomic mass is 10.1. The zero-order chi connectivity index (χ0) is 22.9. The Balaban J connectivity index is 1.38. The van der Waals surface area contributed by atoms with E-state index in [1.54, 1.807) is 14.2 Å². The molecule has 0 saturated carbocycles. The number of methoxy groups -OCH3 is 2. The number of nitrogens with zero attached hydrogens (tertiary/aromatic N) is 5. The smallest absolute Gasteiger partial charge is 0.139 e. The highest BCUT2D eigenvalue weighted by molar-refractivity contribution is 5.72. The molecule has 7 heteroatoms. The van der Waals surface area contributed by atoms with Crippen molar-refractivity contribution in [2.45, 2.75) is 13.8 Å². The Morgan fingerprint density at radius 1 is 0.848 bits per heavy atom. The largest absolute Gasteiger partial charge is 0.496 e. The number of ether oxygens (including phenoxy) is 2. The molecule has 0 radical (unpaired) electrons. The molecule has 1 aromatic carbocycles. The molecule has 170 valence electrons. The van der Waals surface area contributed by atoms with E-state index >= 15 is 0 Å². The Morgan fingerprint density at radius 3 is 2.33 bits per heavy atom. The molecule has 0 unspecified atom stereocenters. The van der Waals surface area contributed by atoms with E-state index in [0.29, 0.717) is 0 Å². The number of hydrogen-bond acceptors (Lipinski definition) is 6. The lowest BCUT2D eigenvalue weighted by molar-refractivity contribution is 0.393. The first-order chi connectivity index (χ1) is 16.1. The highest BCUT2D eigenvalue weighted by atomic mass is 16.5. The first-order valence-electron chi connectivity index (χ1n) is 11.2. The van der Waals surface area contributed by atoms with Crippen molar-refractivity contribution in [1.82, 2.24) is 14.4 Å². The fourth-order valence-electron chi connectivity index (χ4n) is 4.44. The Morgan fingerprint density at radius 2 is 1.61 bits per heavy atom. The van der Waals surface area contributed by atoms with Gasteiger partial charge in [0.2, 0.25) is 0 Å². The first-order valence-corrected chi connectivity index (χ1v) is 11.2. The third kappa shape index (κ3) is 4.06. The van der Waals surface area contributed by atoms with Crippen LogP contribution in [0, 0.1) is 13.8 Å². The van der Waals surface area contributed by atoms with Crippen molar-refractivity contribution in [2.24, 2.45) is 0 Å². The number of pyridine rings is 2. The van der Waals surface area contributed by atoms with E-state index in [4.69, 9.17) is 14.5 Å². The minimum atomic E-state index is 0.752. The van der Waals surface area contributed by atoms with Gasteiger partial charge < -0.3 is 23.7 Å². The Hall–Kier alpha value is -3.74. The van der Waals surface area contributed by atoms with Crippen LogP contribution in [0.2, 0.25) is 0 Å². The van der Waals surface area contributed by atoms with Gasteiger partial charge in [-0.05, 0) is 49.2 Å². The number of anilines is 2. The van der Waals surface area contributed by atoms with Crippen LogP contribution in [0.5, 0.6) is 11.5 Å². The van der Waals surface area contributed by atoms with Crippen molar-refractivity contribution in [1.29, 1.82) is 0 Å². The third-order valence-electron chi connectivity index (χ3n) is 6.31. The van der Waals surface area contributed by atoms with Crippen molar-refractivity contribution < 1.29 is 9.47 Å². The first kappa shape index (κ1) is 21.1. The van der Waals surface area contributed by atoms with Gasteiger partial charge in [-0.15, -0.1) is 0 Å². The number of piperazine rings is 1. The van der Waals surface area contributed by atoms with Crippen molar-refractivity contribution >= 4 is 17.2 Å². The molecule has 0 aliphatic carbocycles. The molecule has 1 aliphatic heterocycles. The van der Waals surface area contributed by atoms with Gasteiger partial charge in [-0.3, -0.25) is 0 Å². The van der Waals surface area contributed by atoms with Crippen LogP contribution in [0.1, 0.15) is 11.1 Å². The van der Waals surface area contributed by atoms with Crippen LogP contribution < -0.4 is 19.3 Å². The summed E-state index contributed by atoms with van der Waals surface area (Å²) in [6.45, 7) is 7.93. The molecular formula is C26H29N5O2. The summed E-state index contributed by atoms with van der Waals surface area (Å²) in [5.74, 6) is 2.62. The van der Waals surface area contributed by atoms with E-state index in [1.165, 1.54) is 11.3 Å². The Labute approximate surface area is 194 Å². The summed E-state index contributed by atoms with van der Waals surface area (Å²) in [5, 5.41) is 0. The fraction of sp³-hybridized carbons (Fsp3) is 0.308.